The van der Waals surface area contributed by atoms with E-state index < -0.39 is 0 Å². The molecule has 0 amide bonds. The van der Waals surface area contributed by atoms with Crippen LogP contribution in [0.3, 0.4) is 0 Å². The van der Waals surface area contributed by atoms with Crippen LogP contribution in [0.25, 0.3) is 10.9 Å². The van der Waals surface area contributed by atoms with Crippen LogP contribution >= 0.6 is 0 Å². The predicted molar refractivity (Wildman–Crippen MR) is 147 cm³/mol. The smallest absolute Gasteiger partial charge is 0.350 e. The number of aryl methyl sites for hydroxylation is 1. The summed E-state index contributed by atoms with van der Waals surface area (Å²) in [5, 5.41) is 22.2. The zero-order valence-corrected chi connectivity index (χ0v) is 23.5. The van der Waals surface area contributed by atoms with Gasteiger partial charge in [0.2, 0.25) is 0 Å². The molecule has 4 aliphatic carbocycles. The van der Waals surface area contributed by atoms with E-state index in [0.717, 1.165) is 32.1 Å². The van der Waals surface area contributed by atoms with Crippen molar-refractivity contribution < 1.29 is 19.4 Å². The quantitative estimate of drug-likeness (QED) is 0.518. The van der Waals surface area contributed by atoms with Gasteiger partial charge in [0.1, 0.15) is 11.1 Å². The Hall–Kier alpha value is -1.92. The topological polar surface area (TPSA) is 92.8 Å². The Labute approximate surface area is 226 Å². The molecular formula is C32H45NO5. The van der Waals surface area contributed by atoms with Gasteiger partial charge in [-0.2, -0.15) is 0 Å². The molecule has 6 nitrogen and oxygen atoms in total. The Kier molecular flexibility index (Phi) is 6.66. The summed E-state index contributed by atoms with van der Waals surface area (Å²) in [5.74, 6) is 4.08. The first-order valence-electron chi connectivity index (χ1n) is 15.0. The van der Waals surface area contributed by atoms with E-state index in [2.05, 4.69) is 25.8 Å². The maximum Gasteiger partial charge on any atom is 0.350 e. The Bertz CT molecular complexity index is 1240. The molecule has 0 saturated heterocycles. The molecule has 0 spiro atoms. The largest absolute Gasteiger partial charge is 0.496 e. The van der Waals surface area contributed by atoms with Gasteiger partial charge in [-0.25, -0.2) is 9.78 Å². The van der Waals surface area contributed by atoms with E-state index in [-0.39, 0.29) is 28.7 Å². The number of nitrogens with zero attached hydrogens (tertiary/aromatic N) is 1. The number of ether oxygens (including phenoxy) is 1. The molecule has 208 valence electrons. The second-order valence-corrected chi connectivity index (χ2v) is 13.7. The van der Waals surface area contributed by atoms with Crippen molar-refractivity contribution in [3.05, 3.63) is 34.5 Å². The lowest BCUT2D eigenvalue weighted by molar-refractivity contribution is -0.174. The van der Waals surface area contributed by atoms with Gasteiger partial charge < -0.3 is 19.4 Å². The summed E-state index contributed by atoms with van der Waals surface area (Å²) in [6.07, 6.45) is 9.75. The van der Waals surface area contributed by atoms with Gasteiger partial charge in [0.15, 0.2) is 5.89 Å². The summed E-state index contributed by atoms with van der Waals surface area (Å²) in [6.45, 7) is 7.35. The zero-order valence-electron chi connectivity index (χ0n) is 23.5. The Morgan fingerprint density at radius 1 is 1.08 bits per heavy atom. The van der Waals surface area contributed by atoms with Crippen LogP contribution in [0.1, 0.15) is 84.4 Å². The zero-order chi connectivity index (χ0) is 26.8. The highest BCUT2D eigenvalue weighted by atomic mass is 16.5. The molecule has 6 heteroatoms. The van der Waals surface area contributed by atoms with Gasteiger partial charge >= 0.3 is 5.63 Å². The van der Waals surface area contributed by atoms with Crippen molar-refractivity contribution in [2.24, 2.45) is 46.3 Å². The van der Waals surface area contributed by atoms with Crippen molar-refractivity contribution in [3.8, 4) is 5.75 Å². The fourth-order valence-corrected chi connectivity index (χ4v) is 10.1. The number of aliphatic hydroxyl groups is 2. The van der Waals surface area contributed by atoms with Crippen molar-refractivity contribution in [1.82, 2.24) is 4.98 Å². The molecule has 4 saturated carbocycles. The van der Waals surface area contributed by atoms with Crippen LogP contribution in [0.15, 0.2) is 27.4 Å². The molecule has 0 aliphatic heterocycles. The fourth-order valence-electron chi connectivity index (χ4n) is 10.1. The monoisotopic (exact) mass is 523 g/mol. The Morgan fingerprint density at radius 3 is 2.63 bits per heavy atom. The normalized spacial score (nSPS) is 41.3. The Balaban J connectivity index is 1.18. The number of benzene rings is 1. The van der Waals surface area contributed by atoms with Crippen LogP contribution < -0.4 is 10.4 Å². The standard InChI is InChI=1S/C32H45NO5/c1-18(8-11-27-33-24-6-5-7-26(37-4)29(24)30(36)38-27)21-9-10-22-28-23(13-15-32(21,22)3)31(2)14-12-20(34)16-19(31)17-25(28)35/h5-7,18-23,25,28,34-35H,8-17H2,1-4H3/t18-,19+,20-,21-,22+,23?,25+,28+,31+,32-/m1/s1. The van der Waals surface area contributed by atoms with Crippen molar-refractivity contribution in [3.63, 3.8) is 0 Å². The molecule has 1 unspecified atom stereocenters. The van der Waals surface area contributed by atoms with Gasteiger partial charge in [-0.05, 0) is 116 Å². The van der Waals surface area contributed by atoms with Gasteiger partial charge in [0.25, 0.3) is 0 Å². The Morgan fingerprint density at radius 2 is 1.84 bits per heavy atom. The van der Waals surface area contributed by atoms with E-state index >= 15 is 0 Å². The minimum atomic E-state index is -0.380. The number of methoxy groups -OCH3 is 1. The first-order chi connectivity index (χ1) is 18.2. The highest BCUT2D eigenvalue weighted by molar-refractivity contribution is 5.83. The van der Waals surface area contributed by atoms with E-state index in [1.807, 2.05) is 12.1 Å². The van der Waals surface area contributed by atoms with E-state index in [9.17, 15) is 15.0 Å². The summed E-state index contributed by atoms with van der Waals surface area (Å²) >= 11 is 0. The number of hydrogen-bond acceptors (Lipinski definition) is 6. The lowest BCUT2D eigenvalue weighted by Gasteiger charge is -2.62. The van der Waals surface area contributed by atoms with E-state index in [0.29, 0.717) is 64.5 Å². The van der Waals surface area contributed by atoms with Crippen molar-refractivity contribution >= 4 is 10.9 Å². The molecule has 2 aromatic rings. The average molecular weight is 524 g/mol. The molecule has 4 fully saturated rings. The predicted octanol–water partition coefficient (Wildman–Crippen LogP) is 5.76. The van der Waals surface area contributed by atoms with Gasteiger partial charge in [-0.3, -0.25) is 0 Å². The molecule has 1 aromatic carbocycles. The molecule has 0 bridgehead atoms. The molecule has 1 heterocycles. The molecule has 1 aromatic heterocycles. The number of rotatable bonds is 5. The number of fused-ring (bicyclic) bond motifs is 6. The van der Waals surface area contributed by atoms with Gasteiger partial charge in [-0.15, -0.1) is 0 Å². The second-order valence-electron chi connectivity index (χ2n) is 13.7. The third-order valence-corrected chi connectivity index (χ3v) is 12.1. The van der Waals surface area contributed by atoms with Gasteiger partial charge in [0, 0.05) is 6.42 Å². The third kappa shape index (κ3) is 4.04. The maximum absolute atomic E-state index is 12.7. The lowest BCUT2D eigenvalue weighted by atomic mass is 9.43. The van der Waals surface area contributed by atoms with Crippen LogP contribution in [0.2, 0.25) is 0 Å². The summed E-state index contributed by atoms with van der Waals surface area (Å²) in [7, 11) is 1.55. The maximum atomic E-state index is 12.7. The summed E-state index contributed by atoms with van der Waals surface area (Å²) < 4.78 is 11.0. The molecule has 4 aliphatic rings. The number of hydrogen-bond donors (Lipinski definition) is 2. The van der Waals surface area contributed by atoms with Gasteiger partial charge in [0.05, 0.1) is 24.8 Å². The molecule has 10 atom stereocenters. The molecule has 0 radical (unpaired) electrons. The first kappa shape index (κ1) is 26.3. The summed E-state index contributed by atoms with van der Waals surface area (Å²) in [4.78, 5) is 17.4. The summed E-state index contributed by atoms with van der Waals surface area (Å²) in [5.41, 5.74) is 0.748. The molecular weight excluding hydrogens is 478 g/mol. The van der Waals surface area contributed by atoms with Crippen LogP contribution in [0.4, 0.5) is 0 Å². The highest BCUT2D eigenvalue weighted by Gasteiger charge is 2.62. The van der Waals surface area contributed by atoms with Crippen LogP contribution in [-0.4, -0.2) is 34.5 Å². The third-order valence-electron chi connectivity index (χ3n) is 12.1. The van der Waals surface area contributed by atoms with Crippen molar-refractivity contribution in [1.29, 1.82) is 0 Å². The second kappa shape index (κ2) is 9.62. The summed E-state index contributed by atoms with van der Waals surface area (Å²) in [6, 6.07) is 5.46. The molecule has 2 N–H and O–H groups in total. The van der Waals surface area contributed by atoms with Gasteiger partial charge in [-0.1, -0.05) is 26.8 Å². The average Bonchev–Trinajstić information content (AvgIpc) is 3.25. The van der Waals surface area contributed by atoms with E-state index in [1.165, 1.54) is 25.7 Å². The van der Waals surface area contributed by atoms with Crippen LogP contribution in [-0.2, 0) is 6.42 Å². The first-order valence-corrected chi connectivity index (χ1v) is 15.0. The molecule has 38 heavy (non-hydrogen) atoms. The lowest BCUT2D eigenvalue weighted by Crippen LogP contribution is -2.58. The number of aromatic nitrogens is 1. The van der Waals surface area contributed by atoms with E-state index in [1.54, 1.807) is 13.2 Å². The van der Waals surface area contributed by atoms with Crippen molar-refractivity contribution in [2.75, 3.05) is 7.11 Å². The SMILES string of the molecule is COc1cccc2nc(CC[C@@H](C)[C@H]3CC[C@H]4[C@H]5C(CC[C@]34C)[C@@]3(C)CC[C@@H](O)C[C@H]3C[C@@H]5O)oc(=O)c12. The van der Waals surface area contributed by atoms with Crippen LogP contribution in [0.5, 0.6) is 5.75 Å². The van der Waals surface area contributed by atoms with E-state index in [4.69, 9.17) is 9.15 Å². The fraction of sp³-hybridized carbons (Fsp3) is 0.750. The van der Waals surface area contributed by atoms with Crippen LogP contribution in [0, 0.1) is 46.3 Å². The minimum Gasteiger partial charge on any atom is -0.496 e. The highest BCUT2D eigenvalue weighted by Crippen LogP contribution is 2.68. The van der Waals surface area contributed by atoms with Crippen molar-refractivity contribution in [2.45, 2.75) is 97.2 Å². The number of aliphatic hydroxyl groups excluding tert-OH is 2. The molecule has 6 rings (SSSR count). The minimum absolute atomic E-state index is 0.189.